The van der Waals surface area contributed by atoms with Gasteiger partial charge in [0.05, 0.1) is 5.56 Å². The van der Waals surface area contributed by atoms with E-state index in [1.165, 1.54) is 12.1 Å². The van der Waals surface area contributed by atoms with Crippen molar-refractivity contribution in [2.24, 2.45) is 0 Å². The van der Waals surface area contributed by atoms with Gasteiger partial charge in [0.1, 0.15) is 18.2 Å². The largest absolute Gasteiger partial charge is 0.488 e. The molecule has 0 saturated carbocycles. The molecule has 0 fully saturated rings. The van der Waals surface area contributed by atoms with Crippen molar-refractivity contribution in [3.63, 3.8) is 0 Å². The molecule has 0 saturated heterocycles. The van der Waals surface area contributed by atoms with Crippen molar-refractivity contribution in [1.82, 2.24) is 5.32 Å². The number of benzene rings is 3. The number of carbonyl (C=O) groups is 1. The van der Waals surface area contributed by atoms with E-state index in [0.717, 1.165) is 16.7 Å². The summed E-state index contributed by atoms with van der Waals surface area (Å²) in [5.74, 6) is 0.0202. The molecule has 0 spiro atoms. The molecule has 0 aromatic heterocycles. The third-order valence-electron chi connectivity index (χ3n) is 4.14. The first-order valence-corrected chi connectivity index (χ1v) is 8.42. The zero-order valence-electron chi connectivity index (χ0n) is 14.5. The summed E-state index contributed by atoms with van der Waals surface area (Å²) in [6.45, 7) is 2.74. The van der Waals surface area contributed by atoms with Crippen LogP contribution in [0.1, 0.15) is 27.0 Å². The van der Waals surface area contributed by atoms with Gasteiger partial charge in [0.2, 0.25) is 0 Å². The number of hydrogen-bond donors (Lipinski definition) is 1. The highest BCUT2D eigenvalue weighted by Gasteiger charge is 2.12. The minimum atomic E-state index is -0.287. The average molecular weight is 349 g/mol. The minimum absolute atomic E-state index is 0.192. The predicted molar refractivity (Wildman–Crippen MR) is 99.5 cm³/mol. The summed E-state index contributed by atoms with van der Waals surface area (Å²) in [6.07, 6.45) is 0. The van der Waals surface area contributed by atoms with Crippen LogP contribution in [0, 0.1) is 12.7 Å². The normalized spacial score (nSPS) is 10.4. The fraction of sp³-hybridized carbons (Fsp3) is 0.136. The topological polar surface area (TPSA) is 38.3 Å². The van der Waals surface area contributed by atoms with E-state index in [2.05, 4.69) is 5.32 Å². The monoisotopic (exact) mass is 349 g/mol. The van der Waals surface area contributed by atoms with Gasteiger partial charge in [-0.15, -0.1) is 0 Å². The van der Waals surface area contributed by atoms with Crippen LogP contribution in [0.25, 0.3) is 0 Å². The van der Waals surface area contributed by atoms with Crippen LogP contribution in [0.3, 0.4) is 0 Å². The van der Waals surface area contributed by atoms with Crippen molar-refractivity contribution >= 4 is 5.91 Å². The van der Waals surface area contributed by atoms with Gasteiger partial charge in [-0.05, 0) is 47.9 Å². The van der Waals surface area contributed by atoms with Gasteiger partial charge in [-0.2, -0.15) is 0 Å². The van der Waals surface area contributed by atoms with Gasteiger partial charge in [0.15, 0.2) is 0 Å². The number of carbonyl (C=O) groups excluding carboxylic acids is 1. The molecular weight excluding hydrogens is 329 g/mol. The number of hydrogen-bond acceptors (Lipinski definition) is 2. The van der Waals surface area contributed by atoms with Gasteiger partial charge >= 0.3 is 0 Å². The Bertz CT molecular complexity index is 891. The number of amides is 1. The molecule has 0 aliphatic carbocycles. The lowest BCUT2D eigenvalue weighted by atomic mass is 10.1. The van der Waals surface area contributed by atoms with E-state index < -0.39 is 0 Å². The van der Waals surface area contributed by atoms with Crippen molar-refractivity contribution in [2.45, 2.75) is 20.1 Å². The summed E-state index contributed by atoms with van der Waals surface area (Å²) >= 11 is 0. The second-order valence-electron chi connectivity index (χ2n) is 6.02. The SMILES string of the molecule is Cc1ccccc1CNC(=O)c1ccccc1OCc1ccc(F)cc1. The van der Waals surface area contributed by atoms with Gasteiger partial charge in [-0.3, -0.25) is 4.79 Å². The number of aryl methyl sites for hydroxylation is 1. The number of para-hydroxylation sites is 1. The molecule has 0 unspecified atom stereocenters. The van der Waals surface area contributed by atoms with Crippen LogP contribution < -0.4 is 10.1 Å². The molecule has 1 amide bonds. The van der Waals surface area contributed by atoms with Gasteiger partial charge < -0.3 is 10.1 Å². The second-order valence-corrected chi connectivity index (χ2v) is 6.02. The Morgan fingerprint density at radius 1 is 0.962 bits per heavy atom. The standard InChI is InChI=1S/C22H20FNO2/c1-16-6-2-3-7-18(16)14-24-22(25)20-8-4-5-9-21(20)26-15-17-10-12-19(23)13-11-17/h2-13H,14-15H2,1H3,(H,24,25). The molecule has 3 nitrogen and oxygen atoms in total. The van der Waals surface area contributed by atoms with E-state index in [1.54, 1.807) is 30.3 Å². The summed E-state index contributed by atoms with van der Waals surface area (Å²) in [6, 6.07) is 21.1. The Labute approximate surface area is 152 Å². The lowest BCUT2D eigenvalue weighted by molar-refractivity contribution is 0.0946. The van der Waals surface area contributed by atoms with Crippen molar-refractivity contribution in [1.29, 1.82) is 0 Å². The Morgan fingerprint density at radius 3 is 2.42 bits per heavy atom. The molecule has 0 radical (unpaired) electrons. The fourth-order valence-electron chi connectivity index (χ4n) is 2.60. The summed E-state index contributed by atoms with van der Waals surface area (Å²) in [7, 11) is 0. The molecule has 1 N–H and O–H groups in total. The van der Waals surface area contributed by atoms with Gasteiger partial charge in [-0.25, -0.2) is 4.39 Å². The van der Waals surface area contributed by atoms with Crippen LogP contribution in [-0.2, 0) is 13.2 Å². The molecule has 132 valence electrons. The van der Waals surface area contributed by atoms with Crippen molar-refractivity contribution in [2.75, 3.05) is 0 Å². The molecule has 0 bridgehead atoms. The lowest BCUT2D eigenvalue weighted by Gasteiger charge is -2.12. The molecule has 0 aliphatic rings. The van der Waals surface area contributed by atoms with E-state index in [1.807, 2.05) is 37.3 Å². The Hall–Kier alpha value is -3.14. The Kier molecular flexibility index (Phi) is 5.64. The summed E-state index contributed by atoms with van der Waals surface area (Å²) in [5.41, 5.74) is 3.52. The van der Waals surface area contributed by atoms with Gasteiger partial charge in [-0.1, -0.05) is 48.5 Å². The maximum atomic E-state index is 13.0. The van der Waals surface area contributed by atoms with Crippen LogP contribution >= 0.6 is 0 Å². The third-order valence-corrected chi connectivity index (χ3v) is 4.14. The zero-order valence-corrected chi connectivity index (χ0v) is 14.5. The van der Waals surface area contributed by atoms with Crippen LogP contribution in [-0.4, -0.2) is 5.91 Å². The van der Waals surface area contributed by atoms with Crippen LogP contribution in [0.4, 0.5) is 4.39 Å². The van der Waals surface area contributed by atoms with Crippen LogP contribution in [0.2, 0.25) is 0 Å². The molecule has 26 heavy (non-hydrogen) atoms. The van der Waals surface area contributed by atoms with E-state index >= 15 is 0 Å². The predicted octanol–water partition coefficient (Wildman–Crippen LogP) is 4.64. The summed E-state index contributed by atoms with van der Waals surface area (Å²) in [4.78, 5) is 12.6. The molecular formula is C22H20FNO2. The average Bonchev–Trinajstić information content (AvgIpc) is 2.67. The van der Waals surface area contributed by atoms with Crippen LogP contribution in [0.5, 0.6) is 5.75 Å². The Balaban J connectivity index is 1.67. The van der Waals surface area contributed by atoms with E-state index in [9.17, 15) is 9.18 Å². The molecule has 0 heterocycles. The number of nitrogens with one attached hydrogen (secondary N) is 1. The van der Waals surface area contributed by atoms with E-state index in [4.69, 9.17) is 4.74 Å². The minimum Gasteiger partial charge on any atom is -0.488 e. The molecule has 0 aliphatic heterocycles. The molecule has 4 heteroatoms. The Morgan fingerprint density at radius 2 is 1.65 bits per heavy atom. The lowest BCUT2D eigenvalue weighted by Crippen LogP contribution is -2.23. The van der Waals surface area contributed by atoms with Crippen molar-refractivity contribution in [3.05, 3.63) is 101 Å². The quantitative estimate of drug-likeness (QED) is 0.704. The third kappa shape index (κ3) is 4.48. The first-order valence-electron chi connectivity index (χ1n) is 8.42. The first-order chi connectivity index (χ1) is 12.6. The zero-order chi connectivity index (χ0) is 18.4. The second kappa shape index (κ2) is 8.30. The molecule has 3 rings (SSSR count). The van der Waals surface area contributed by atoms with Gasteiger partial charge in [0.25, 0.3) is 5.91 Å². The maximum absolute atomic E-state index is 13.0. The van der Waals surface area contributed by atoms with Crippen molar-refractivity contribution in [3.8, 4) is 5.75 Å². The molecule has 3 aromatic carbocycles. The maximum Gasteiger partial charge on any atom is 0.255 e. The van der Waals surface area contributed by atoms with E-state index in [0.29, 0.717) is 17.9 Å². The van der Waals surface area contributed by atoms with E-state index in [-0.39, 0.29) is 18.3 Å². The van der Waals surface area contributed by atoms with Crippen molar-refractivity contribution < 1.29 is 13.9 Å². The fourth-order valence-corrected chi connectivity index (χ4v) is 2.60. The number of halogens is 1. The summed E-state index contributed by atoms with van der Waals surface area (Å²) < 4.78 is 18.8. The number of ether oxygens (including phenoxy) is 1. The molecule has 3 aromatic rings. The highest BCUT2D eigenvalue weighted by molar-refractivity contribution is 5.96. The highest BCUT2D eigenvalue weighted by Crippen LogP contribution is 2.20. The highest BCUT2D eigenvalue weighted by atomic mass is 19.1. The van der Waals surface area contributed by atoms with Gasteiger partial charge in [0, 0.05) is 6.54 Å². The molecule has 0 atom stereocenters. The number of rotatable bonds is 6. The smallest absolute Gasteiger partial charge is 0.255 e. The summed E-state index contributed by atoms with van der Waals surface area (Å²) in [5, 5.41) is 2.93. The first kappa shape index (κ1) is 17.7. The van der Waals surface area contributed by atoms with Crippen LogP contribution in [0.15, 0.2) is 72.8 Å².